The second kappa shape index (κ2) is 14.0. The number of ether oxygens (including phenoxy) is 2. The van der Waals surface area contributed by atoms with E-state index in [4.69, 9.17) is 14.5 Å². The van der Waals surface area contributed by atoms with Gasteiger partial charge in [0.1, 0.15) is 29.2 Å². The van der Waals surface area contributed by atoms with Crippen LogP contribution in [0.1, 0.15) is 58.8 Å². The van der Waals surface area contributed by atoms with Crippen LogP contribution in [-0.2, 0) is 14.4 Å². The summed E-state index contributed by atoms with van der Waals surface area (Å²) in [6.07, 6.45) is 6.99. The smallest absolute Gasteiger partial charge is 0.330 e. The third kappa shape index (κ3) is 6.76. The highest BCUT2D eigenvalue weighted by atomic mass is 16.5. The van der Waals surface area contributed by atoms with Gasteiger partial charge in [0.2, 0.25) is 11.8 Å². The Morgan fingerprint density at radius 1 is 1.08 bits per heavy atom. The van der Waals surface area contributed by atoms with E-state index >= 15 is 0 Å². The fourth-order valence-corrected chi connectivity index (χ4v) is 7.28. The second-order valence-electron chi connectivity index (χ2n) is 13.8. The summed E-state index contributed by atoms with van der Waals surface area (Å²) in [5.74, 6) is -0.908. The number of carboxylic acids is 1. The number of carbonyl (C=O) groups is 3. The number of aliphatic carboxylic acids is 1. The van der Waals surface area contributed by atoms with Crippen LogP contribution in [-0.4, -0.2) is 76.2 Å². The van der Waals surface area contributed by atoms with Crippen molar-refractivity contribution in [2.24, 2.45) is 11.8 Å². The lowest BCUT2D eigenvalue weighted by atomic mass is 9.93. The number of nitrogens with zero attached hydrogens (tertiary/aromatic N) is 2. The summed E-state index contributed by atoms with van der Waals surface area (Å²) in [5, 5.41) is 17.2. The first kappa shape index (κ1) is 33.5. The van der Waals surface area contributed by atoms with E-state index in [0.29, 0.717) is 17.0 Å². The van der Waals surface area contributed by atoms with Crippen molar-refractivity contribution in [2.75, 3.05) is 13.7 Å². The van der Waals surface area contributed by atoms with Crippen LogP contribution in [0, 0.1) is 11.8 Å². The molecule has 1 aromatic heterocycles. The Hall–Kier alpha value is -4.44. The highest BCUT2D eigenvalue weighted by Crippen LogP contribution is 2.45. The molecule has 0 radical (unpaired) electrons. The minimum absolute atomic E-state index is 0.0189. The Balaban J connectivity index is 1.32. The van der Waals surface area contributed by atoms with Gasteiger partial charge in [0.25, 0.3) is 0 Å². The molecular formula is C38H46N4O6. The third-order valence-corrected chi connectivity index (χ3v) is 10.2. The number of aromatic nitrogens is 1. The predicted molar refractivity (Wildman–Crippen MR) is 184 cm³/mol. The Morgan fingerprint density at radius 2 is 1.83 bits per heavy atom. The first-order chi connectivity index (χ1) is 23.1. The molecule has 0 spiro atoms. The summed E-state index contributed by atoms with van der Waals surface area (Å²) in [5.41, 5.74) is 0.919. The molecule has 1 saturated heterocycles. The molecular weight excluding hydrogens is 608 g/mol. The number of fused-ring (bicyclic) bond motifs is 1. The van der Waals surface area contributed by atoms with Crippen molar-refractivity contribution in [2.45, 2.75) is 88.6 Å². The number of benzene rings is 2. The molecule has 3 aliphatic rings. The van der Waals surface area contributed by atoms with E-state index in [1.807, 2.05) is 68.4 Å². The van der Waals surface area contributed by atoms with Crippen molar-refractivity contribution in [1.82, 2.24) is 20.5 Å². The minimum Gasteiger partial charge on any atom is -0.497 e. The van der Waals surface area contributed by atoms with Crippen LogP contribution < -0.4 is 20.1 Å². The van der Waals surface area contributed by atoms with Crippen molar-refractivity contribution < 1.29 is 29.0 Å². The monoisotopic (exact) mass is 654 g/mol. The zero-order valence-electron chi connectivity index (χ0n) is 28.0. The lowest BCUT2D eigenvalue weighted by Gasteiger charge is -2.34. The summed E-state index contributed by atoms with van der Waals surface area (Å²) in [4.78, 5) is 47.1. The Morgan fingerprint density at radius 3 is 2.48 bits per heavy atom. The molecule has 2 aromatic carbocycles. The number of carbonyl (C=O) groups excluding carboxylic acids is 2. The van der Waals surface area contributed by atoms with Crippen molar-refractivity contribution in [3.63, 3.8) is 0 Å². The quantitative estimate of drug-likeness (QED) is 0.223. The number of methoxy groups -OCH3 is 1. The Labute approximate surface area is 281 Å². The van der Waals surface area contributed by atoms with E-state index in [1.165, 1.54) is 6.42 Å². The van der Waals surface area contributed by atoms with Gasteiger partial charge in [0, 0.05) is 41.5 Å². The molecule has 3 aromatic rings. The average Bonchev–Trinajstić information content (AvgIpc) is 3.66. The standard InChI is InChI=1S/C38H46N4O6/c1-5-25-21-38(25,37(45)46)41-35(43)32-19-28(22-42(32)36(44)34(23(2)3)39-26-14-10-7-11-15-26)48-33-20-30(24-12-8-6-9-13-24)40-31-18-27(47-4)16-17-29(31)33/h5-6,8-9,12-13,16-18,20,23,25-26,28,32,34,39H,1,7,10-11,14-15,19,21-22H2,2-4H3,(H,41,43)(H,45,46)/t25-,28+,32-,34-,38?/m0/s1. The van der Waals surface area contributed by atoms with E-state index < -0.39 is 35.6 Å². The zero-order valence-corrected chi connectivity index (χ0v) is 28.0. The van der Waals surface area contributed by atoms with Gasteiger partial charge in [0.05, 0.1) is 30.9 Å². The zero-order chi connectivity index (χ0) is 34.0. The summed E-state index contributed by atoms with van der Waals surface area (Å²) in [6, 6.07) is 16.1. The molecule has 10 nitrogen and oxygen atoms in total. The summed E-state index contributed by atoms with van der Waals surface area (Å²) in [6.45, 7) is 7.95. The van der Waals surface area contributed by atoms with Gasteiger partial charge in [-0.1, -0.05) is 69.5 Å². The maximum Gasteiger partial charge on any atom is 0.330 e. The summed E-state index contributed by atoms with van der Waals surface area (Å²) >= 11 is 0. The number of nitrogens with one attached hydrogen (secondary N) is 2. The molecule has 2 heterocycles. The fourth-order valence-electron chi connectivity index (χ4n) is 7.28. The topological polar surface area (TPSA) is 130 Å². The van der Waals surface area contributed by atoms with Crippen LogP contribution in [0.5, 0.6) is 11.5 Å². The lowest BCUT2D eigenvalue weighted by molar-refractivity contribution is -0.146. The summed E-state index contributed by atoms with van der Waals surface area (Å²) in [7, 11) is 1.61. The third-order valence-electron chi connectivity index (χ3n) is 10.2. The van der Waals surface area contributed by atoms with E-state index in [-0.39, 0.29) is 43.2 Å². The molecule has 48 heavy (non-hydrogen) atoms. The van der Waals surface area contributed by atoms with E-state index in [9.17, 15) is 19.5 Å². The predicted octanol–water partition coefficient (Wildman–Crippen LogP) is 5.35. The van der Waals surface area contributed by atoms with Crippen LogP contribution in [0.2, 0.25) is 0 Å². The van der Waals surface area contributed by atoms with Gasteiger partial charge in [-0.3, -0.25) is 9.59 Å². The maximum atomic E-state index is 14.4. The molecule has 3 N–H and O–H groups in total. The Kier molecular flexibility index (Phi) is 9.73. The average molecular weight is 655 g/mol. The van der Waals surface area contributed by atoms with Crippen LogP contribution >= 0.6 is 0 Å². The molecule has 2 aliphatic carbocycles. The van der Waals surface area contributed by atoms with Crippen molar-refractivity contribution in [1.29, 1.82) is 0 Å². The molecule has 6 rings (SSSR count). The highest BCUT2D eigenvalue weighted by Gasteiger charge is 2.61. The molecule has 5 atom stereocenters. The first-order valence-corrected chi connectivity index (χ1v) is 17.1. The molecule has 3 fully saturated rings. The van der Waals surface area contributed by atoms with Crippen LogP contribution in [0.15, 0.2) is 67.3 Å². The number of hydrogen-bond acceptors (Lipinski definition) is 7. The number of amides is 2. The van der Waals surface area contributed by atoms with Gasteiger partial charge in [-0.2, -0.15) is 0 Å². The van der Waals surface area contributed by atoms with E-state index in [0.717, 1.165) is 42.3 Å². The summed E-state index contributed by atoms with van der Waals surface area (Å²) < 4.78 is 12.2. The van der Waals surface area contributed by atoms with Crippen molar-refractivity contribution >= 4 is 28.7 Å². The van der Waals surface area contributed by atoms with Gasteiger partial charge < -0.3 is 30.1 Å². The molecule has 1 aliphatic heterocycles. The van der Waals surface area contributed by atoms with E-state index in [1.54, 1.807) is 18.1 Å². The normalized spacial score (nSPS) is 24.7. The molecule has 254 valence electrons. The number of hydrogen-bond donors (Lipinski definition) is 3. The number of rotatable bonds is 12. The van der Waals surface area contributed by atoms with Gasteiger partial charge in [-0.15, -0.1) is 6.58 Å². The molecule has 2 amide bonds. The fraction of sp³-hybridized carbons (Fsp3) is 0.474. The van der Waals surface area contributed by atoms with Gasteiger partial charge in [-0.25, -0.2) is 9.78 Å². The van der Waals surface area contributed by atoms with Crippen molar-refractivity contribution in [3.05, 3.63) is 67.3 Å². The van der Waals surface area contributed by atoms with Crippen LogP contribution in [0.3, 0.4) is 0 Å². The maximum absolute atomic E-state index is 14.4. The molecule has 10 heteroatoms. The van der Waals surface area contributed by atoms with Gasteiger partial charge >= 0.3 is 5.97 Å². The van der Waals surface area contributed by atoms with E-state index in [2.05, 4.69) is 17.2 Å². The van der Waals surface area contributed by atoms with Crippen molar-refractivity contribution in [3.8, 4) is 22.8 Å². The highest BCUT2D eigenvalue weighted by molar-refractivity contribution is 5.96. The van der Waals surface area contributed by atoms with Crippen LogP contribution in [0.25, 0.3) is 22.2 Å². The SMILES string of the molecule is C=C[C@H]1CC1(NC(=O)[C@@H]1C[C@@H](Oc2cc(-c3ccccc3)nc3cc(OC)ccc23)CN1C(=O)[C@@H](NC1CCCCC1)C(C)C)C(=O)O. The lowest BCUT2D eigenvalue weighted by Crippen LogP contribution is -2.58. The first-order valence-electron chi connectivity index (χ1n) is 17.1. The largest absolute Gasteiger partial charge is 0.497 e. The molecule has 1 unspecified atom stereocenters. The second-order valence-corrected chi connectivity index (χ2v) is 13.8. The molecule has 2 saturated carbocycles. The molecule has 0 bridgehead atoms. The van der Waals surface area contributed by atoms with Gasteiger partial charge in [0.15, 0.2) is 0 Å². The number of likely N-dealkylation sites (tertiary alicyclic amines) is 1. The van der Waals surface area contributed by atoms with Crippen LogP contribution in [0.4, 0.5) is 0 Å². The Bertz CT molecular complexity index is 1670. The minimum atomic E-state index is -1.41. The number of pyridine rings is 1. The number of carboxylic acid groups (broad SMARTS) is 1. The van der Waals surface area contributed by atoms with Gasteiger partial charge in [-0.05, 0) is 37.3 Å².